The van der Waals surface area contributed by atoms with Gasteiger partial charge >= 0.3 is 5.97 Å². The first kappa shape index (κ1) is 14.2. The first-order chi connectivity index (χ1) is 9.11. The van der Waals surface area contributed by atoms with Crippen LogP contribution in [0.5, 0.6) is 0 Å². The van der Waals surface area contributed by atoms with Crippen LogP contribution in [-0.4, -0.2) is 36.9 Å². The highest BCUT2D eigenvalue weighted by Gasteiger charge is 2.23. The van der Waals surface area contributed by atoms with E-state index in [1.54, 1.807) is 12.1 Å². The van der Waals surface area contributed by atoms with Gasteiger partial charge in [0.15, 0.2) is 0 Å². The van der Waals surface area contributed by atoms with E-state index in [2.05, 4.69) is 4.90 Å². The van der Waals surface area contributed by atoms with Crippen LogP contribution in [0, 0.1) is 0 Å². The largest absolute Gasteiger partial charge is 0.478 e. The van der Waals surface area contributed by atoms with Crippen LogP contribution in [0.2, 0.25) is 5.02 Å². The van der Waals surface area contributed by atoms with E-state index in [0.717, 1.165) is 31.6 Å². The summed E-state index contributed by atoms with van der Waals surface area (Å²) in [5, 5.41) is 9.72. The maximum absolute atomic E-state index is 11.3. The van der Waals surface area contributed by atoms with Crippen LogP contribution in [0.15, 0.2) is 18.2 Å². The molecule has 0 aliphatic carbocycles. The van der Waals surface area contributed by atoms with Gasteiger partial charge in [-0.3, -0.25) is 0 Å². The number of rotatable bonds is 4. The highest BCUT2D eigenvalue weighted by molar-refractivity contribution is 6.31. The van der Waals surface area contributed by atoms with Crippen molar-refractivity contribution >= 4 is 23.3 Å². The summed E-state index contributed by atoms with van der Waals surface area (Å²) in [6.07, 6.45) is 2.21. The number of carboxylic acid groups (broad SMARTS) is 1. The van der Waals surface area contributed by atoms with Gasteiger partial charge in [0.1, 0.15) is 0 Å². The molecule has 1 saturated heterocycles. The molecule has 1 heterocycles. The number of piperidine rings is 1. The lowest BCUT2D eigenvalue weighted by Crippen LogP contribution is -2.40. The van der Waals surface area contributed by atoms with Crippen LogP contribution in [0.3, 0.4) is 0 Å². The molecule has 0 spiro atoms. The number of anilines is 1. The number of nitrogens with zero attached hydrogens (tertiary/aromatic N) is 1. The van der Waals surface area contributed by atoms with Crippen molar-refractivity contribution in [2.24, 2.45) is 0 Å². The summed E-state index contributed by atoms with van der Waals surface area (Å²) in [5.41, 5.74) is 0.978. The third-order valence-electron chi connectivity index (χ3n) is 3.31. The number of halogens is 1. The van der Waals surface area contributed by atoms with Crippen molar-refractivity contribution in [2.75, 3.05) is 24.6 Å². The molecule has 0 aromatic heterocycles. The SMILES string of the molecule is CCOC1CCCN(c2ccc(Cl)cc2C(=O)O)C1. The van der Waals surface area contributed by atoms with Gasteiger partial charge in [-0.1, -0.05) is 11.6 Å². The molecule has 0 saturated carbocycles. The molecule has 0 radical (unpaired) electrons. The lowest BCUT2D eigenvalue weighted by Gasteiger charge is -2.34. The number of hydrogen-bond donors (Lipinski definition) is 1. The predicted octanol–water partition coefficient (Wildman–Crippen LogP) is 3.04. The van der Waals surface area contributed by atoms with Crippen LogP contribution >= 0.6 is 11.6 Å². The van der Waals surface area contributed by atoms with Crippen LogP contribution in [0.1, 0.15) is 30.1 Å². The van der Waals surface area contributed by atoms with Crippen LogP contribution in [0.25, 0.3) is 0 Å². The lowest BCUT2D eigenvalue weighted by atomic mass is 10.0. The predicted molar refractivity (Wildman–Crippen MR) is 75.3 cm³/mol. The Labute approximate surface area is 117 Å². The number of aromatic carboxylic acids is 1. The van der Waals surface area contributed by atoms with E-state index in [4.69, 9.17) is 16.3 Å². The Morgan fingerprint density at radius 1 is 1.58 bits per heavy atom. The molecule has 1 aliphatic rings. The van der Waals surface area contributed by atoms with Crippen molar-refractivity contribution in [1.29, 1.82) is 0 Å². The second-order valence-electron chi connectivity index (χ2n) is 4.63. The third-order valence-corrected chi connectivity index (χ3v) is 3.55. The van der Waals surface area contributed by atoms with Gasteiger partial charge in [0.25, 0.3) is 0 Å². The minimum absolute atomic E-state index is 0.177. The Bertz CT molecular complexity index is 462. The Kier molecular flexibility index (Phi) is 4.66. The lowest BCUT2D eigenvalue weighted by molar-refractivity contribution is 0.0524. The van der Waals surface area contributed by atoms with E-state index in [-0.39, 0.29) is 11.7 Å². The highest BCUT2D eigenvalue weighted by Crippen LogP contribution is 2.27. The molecule has 1 aromatic carbocycles. The number of carboxylic acids is 1. The summed E-state index contributed by atoms with van der Waals surface area (Å²) < 4.78 is 5.64. The Hall–Kier alpha value is -1.26. The molecule has 1 aliphatic heterocycles. The number of ether oxygens (including phenoxy) is 1. The van der Waals surface area contributed by atoms with E-state index < -0.39 is 5.97 Å². The van der Waals surface area contributed by atoms with E-state index in [0.29, 0.717) is 11.6 Å². The molecule has 1 N–H and O–H groups in total. The van der Waals surface area contributed by atoms with Crippen LogP contribution in [-0.2, 0) is 4.74 Å². The normalized spacial score (nSPS) is 19.5. The monoisotopic (exact) mass is 283 g/mol. The van der Waals surface area contributed by atoms with Gasteiger partial charge in [0, 0.05) is 24.7 Å². The van der Waals surface area contributed by atoms with Gasteiger partial charge in [-0.05, 0) is 38.0 Å². The van der Waals surface area contributed by atoms with Gasteiger partial charge in [0.2, 0.25) is 0 Å². The average molecular weight is 284 g/mol. The second kappa shape index (κ2) is 6.26. The standard InChI is InChI=1S/C14H18ClNO3/c1-2-19-11-4-3-7-16(9-11)13-6-5-10(15)8-12(13)14(17)18/h5-6,8,11H,2-4,7,9H2,1H3,(H,17,18). The summed E-state index contributed by atoms with van der Waals surface area (Å²) in [6, 6.07) is 5.01. The van der Waals surface area contributed by atoms with Gasteiger partial charge < -0.3 is 14.7 Å². The van der Waals surface area contributed by atoms with Crippen LogP contribution < -0.4 is 4.90 Å². The summed E-state index contributed by atoms with van der Waals surface area (Å²) in [7, 11) is 0. The summed E-state index contributed by atoms with van der Waals surface area (Å²) >= 11 is 5.87. The Balaban J connectivity index is 2.23. The first-order valence-electron chi connectivity index (χ1n) is 6.51. The minimum atomic E-state index is -0.948. The van der Waals surface area contributed by atoms with Crippen molar-refractivity contribution in [2.45, 2.75) is 25.9 Å². The zero-order chi connectivity index (χ0) is 13.8. The molecule has 104 valence electrons. The quantitative estimate of drug-likeness (QED) is 0.923. The molecule has 2 rings (SSSR count). The molecule has 4 nitrogen and oxygen atoms in total. The first-order valence-corrected chi connectivity index (χ1v) is 6.89. The van der Waals surface area contributed by atoms with Gasteiger partial charge in [-0.25, -0.2) is 4.79 Å². The molecule has 1 unspecified atom stereocenters. The molecule has 0 amide bonds. The fraction of sp³-hybridized carbons (Fsp3) is 0.500. The summed E-state index contributed by atoms with van der Waals surface area (Å²) in [4.78, 5) is 13.4. The Morgan fingerprint density at radius 3 is 3.05 bits per heavy atom. The number of benzene rings is 1. The fourth-order valence-electron chi connectivity index (χ4n) is 2.48. The molecule has 5 heteroatoms. The molecular formula is C14H18ClNO3. The fourth-order valence-corrected chi connectivity index (χ4v) is 2.66. The third kappa shape index (κ3) is 3.39. The van der Waals surface area contributed by atoms with E-state index in [9.17, 15) is 9.90 Å². The number of carbonyl (C=O) groups is 1. The van der Waals surface area contributed by atoms with Gasteiger partial charge in [0.05, 0.1) is 17.4 Å². The smallest absolute Gasteiger partial charge is 0.337 e. The molecular weight excluding hydrogens is 266 g/mol. The van der Waals surface area contributed by atoms with E-state index in [1.807, 2.05) is 6.92 Å². The second-order valence-corrected chi connectivity index (χ2v) is 5.07. The summed E-state index contributed by atoms with van der Waals surface area (Å²) in [5.74, 6) is -0.948. The molecule has 1 fully saturated rings. The molecule has 0 bridgehead atoms. The van der Waals surface area contributed by atoms with Crippen molar-refractivity contribution < 1.29 is 14.6 Å². The van der Waals surface area contributed by atoms with Crippen molar-refractivity contribution in [1.82, 2.24) is 0 Å². The molecule has 1 atom stereocenters. The van der Waals surface area contributed by atoms with Crippen molar-refractivity contribution in [3.8, 4) is 0 Å². The maximum atomic E-state index is 11.3. The maximum Gasteiger partial charge on any atom is 0.337 e. The zero-order valence-corrected chi connectivity index (χ0v) is 11.7. The van der Waals surface area contributed by atoms with Crippen LogP contribution in [0.4, 0.5) is 5.69 Å². The van der Waals surface area contributed by atoms with E-state index in [1.165, 1.54) is 6.07 Å². The molecule has 19 heavy (non-hydrogen) atoms. The Morgan fingerprint density at radius 2 is 2.37 bits per heavy atom. The zero-order valence-electron chi connectivity index (χ0n) is 10.9. The number of hydrogen-bond acceptors (Lipinski definition) is 3. The van der Waals surface area contributed by atoms with E-state index >= 15 is 0 Å². The van der Waals surface area contributed by atoms with Gasteiger partial charge in [-0.2, -0.15) is 0 Å². The van der Waals surface area contributed by atoms with Gasteiger partial charge in [-0.15, -0.1) is 0 Å². The van der Waals surface area contributed by atoms with Crippen molar-refractivity contribution in [3.05, 3.63) is 28.8 Å². The van der Waals surface area contributed by atoms with Crippen molar-refractivity contribution in [3.63, 3.8) is 0 Å². The minimum Gasteiger partial charge on any atom is -0.478 e. The molecule has 1 aromatic rings. The highest BCUT2D eigenvalue weighted by atomic mass is 35.5. The topological polar surface area (TPSA) is 49.8 Å². The summed E-state index contributed by atoms with van der Waals surface area (Å²) in [6.45, 7) is 4.25. The average Bonchev–Trinajstić information content (AvgIpc) is 2.39.